The van der Waals surface area contributed by atoms with Crippen LogP contribution >= 0.6 is 0 Å². The van der Waals surface area contributed by atoms with Crippen molar-refractivity contribution in [3.05, 3.63) is 133 Å². The predicted octanol–water partition coefficient (Wildman–Crippen LogP) is 5.14. The van der Waals surface area contributed by atoms with Gasteiger partial charge >= 0.3 is 5.69 Å². The zero-order valence-corrected chi connectivity index (χ0v) is 23.7. The quantitative estimate of drug-likeness (QED) is 0.197. The number of sulfonamides is 1. The van der Waals surface area contributed by atoms with Crippen LogP contribution in [0.5, 0.6) is 0 Å². The van der Waals surface area contributed by atoms with Crippen molar-refractivity contribution in [3.63, 3.8) is 0 Å². The zero-order valence-electron chi connectivity index (χ0n) is 22.9. The van der Waals surface area contributed by atoms with Crippen molar-refractivity contribution in [3.8, 4) is 0 Å². The van der Waals surface area contributed by atoms with Crippen LogP contribution in [0.3, 0.4) is 0 Å². The van der Waals surface area contributed by atoms with Crippen molar-refractivity contribution in [2.24, 2.45) is 0 Å². The number of aromatic nitrogens is 4. The lowest BCUT2D eigenvalue weighted by molar-refractivity contribution is 0.598. The van der Waals surface area contributed by atoms with E-state index in [-0.39, 0.29) is 23.4 Å². The van der Waals surface area contributed by atoms with Crippen molar-refractivity contribution in [1.82, 2.24) is 19.5 Å². The van der Waals surface area contributed by atoms with E-state index in [0.717, 1.165) is 23.8 Å². The van der Waals surface area contributed by atoms with Crippen LogP contribution < -0.4 is 16.0 Å². The van der Waals surface area contributed by atoms with Crippen LogP contribution in [-0.2, 0) is 23.0 Å². The molecule has 11 heteroatoms. The average molecular weight is 588 g/mol. The number of rotatable bonds is 11. The van der Waals surface area contributed by atoms with Gasteiger partial charge in [-0.1, -0.05) is 74.0 Å². The molecular formula is C31H30FN5O4S. The minimum absolute atomic E-state index is 0.161. The van der Waals surface area contributed by atoms with Gasteiger partial charge in [0.1, 0.15) is 17.2 Å². The van der Waals surface area contributed by atoms with E-state index in [1.165, 1.54) is 16.7 Å². The lowest BCUT2D eigenvalue weighted by atomic mass is 9.91. The molecule has 3 N–H and O–H groups in total. The highest BCUT2D eigenvalue weighted by molar-refractivity contribution is 7.95. The Labute approximate surface area is 241 Å². The number of unbranched alkanes of at least 4 members (excludes halogenated alkanes) is 1. The second-order valence-corrected chi connectivity index (χ2v) is 11.5. The molecule has 0 aliphatic heterocycles. The highest BCUT2D eigenvalue weighted by Gasteiger charge is 2.23. The second-order valence-electron chi connectivity index (χ2n) is 9.92. The number of hydrogen-bond acceptors (Lipinski definition) is 5. The highest BCUT2D eigenvalue weighted by Crippen LogP contribution is 2.30. The molecule has 3 aromatic carbocycles. The van der Waals surface area contributed by atoms with Gasteiger partial charge in [-0.15, -0.1) is 0 Å². The van der Waals surface area contributed by atoms with Gasteiger partial charge < -0.3 is 4.98 Å². The van der Waals surface area contributed by atoms with Gasteiger partial charge in [0, 0.05) is 18.2 Å². The summed E-state index contributed by atoms with van der Waals surface area (Å²) in [5.74, 6) is -0.535. The maximum Gasteiger partial charge on any atom is 0.330 e. The number of hydrogen-bond donors (Lipinski definition) is 3. The van der Waals surface area contributed by atoms with Gasteiger partial charge in [-0.2, -0.15) is 0 Å². The molecule has 216 valence electrons. The normalized spacial score (nSPS) is 12.6. The van der Waals surface area contributed by atoms with Crippen molar-refractivity contribution in [1.29, 1.82) is 0 Å². The first-order valence-electron chi connectivity index (χ1n) is 13.6. The third-order valence-electron chi connectivity index (χ3n) is 6.91. The van der Waals surface area contributed by atoms with Crippen LogP contribution in [0.15, 0.2) is 93.9 Å². The van der Waals surface area contributed by atoms with E-state index < -0.39 is 27.2 Å². The average Bonchev–Trinajstić information content (AvgIpc) is 3.42. The number of aryl methyl sites for hydroxylation is 1. The summed E-state index contributed by atoms with van der Waals surface area (Å²) in [7, 11) is -3.78. The first kappa shape index (κ1) is 28.7. The van der Waals surface area contributed by atoms with Crippen LogP contribution in [0.25, 0.3) is 17.2 Å². The Morgan fingerprint density at radius 3 is 2.40 bits per heavy atom. The Kier molecular flexibility index (Phi) is 8.48. The van der Waals surface area contributed by atoms with Crippen molar-refractivity contribution in [2.75, 3.05) is 4.72 Å². The topological polar surface area (TPSA) is 130 Å². The minimum atomic E-state index is -3.78. The molecular weight excluding hydrogens is 557 g/mol. The number of aromatic amines is 2. The predicted molar refractivity (Wildman–Crippen MR) is 162 cm³/mol. The summed E-state index contributed by atoms with van der Waals surface area (Å²) in [5.41, 5.74) is 1.51. The molecule has 9 nitrogen and oxygen atoms in total. The molecule has 2 aromatic heterocycles. The fourth-order valence-corrected chi connectivity index (χ4v) is 5.59. The summed E-state index contributed by atoms with van der Waals surface area (Å²) >= 11 is 0. The first-order valence-corrected chi connectivity index (χ1v) is 15.1. The Hall–Kier alpha value is -4.77. The number of fused-ring (bicyclic) bond motifs is 1. The van der Waals surface area contributed by atoms with E-state index >= 15 is 0 Å². The standard InChI is InChI=1S/C31H30FN5O4S/c1-2-3-18-37-29-27(30(38)35-31(37)39)33-28(34-29)25(20-23-11-7-8-12-26(23)32)22-13-15-24(16-14-22)36-42(40,41)19-17-21-9-5-4-6-10-21/h4-17,19,25,36H,2-3,18,20H2,1H3,(H,33,34)(H,35,38,39). The number of halogens is 1. The van der Waals surface area contributed by atoms with E-state index in [1.807, 2.05) is 25.1 Å². The Bertz CT molecular complexity index is 1950. The van der Waals surface area contributed by atoms with Gasteiger partial charge in [-0.25, -0.2) is 22.6 Å². The van der Waals surface area contributed by atoms with E-state index in [2.05, 4.69) is 19.7 Å². The van der Waals surface area contributed by atoms with Crippen LogP contribution in [0.2, 0.25) is 0 Å². The molecule has 0 radical (unpaired) electrons. The monoisotopic (exact) mass is 587 g/mol. The molecule has 0 saturated heterocycles. The molecule has 0 aliphatic rings. The van der Waals surface area contributed by atoms with E-state index in [0.29, 0.717) is 29.2 Å². The van der Waals surface area contributed by atoms with Crippen molar-refractivity contribution >= 4 is 33.0 Å². The molecule has 42 heavy (non-hydrogen) atoms. The van der Waals surface area contributed by atoms with Gasteiger partial charge in [0.25, 0.3) is 15.6 Å². The van der Waals surface area contributed by atoms with Gasteiger partial charge in [0.2, 0.25) is 0 Å². The molecule has 2 heterocycles. The second kappa shape index (κ2) is 12.4. The van der Waals surface area contributed by atoms with E-state index in [1.54, 1.807) is 54.6 Å². The van der Waals surface area contributed by atoms with Gasteiger partial charge in [-0.3, -0.25) is 19.1 Å². The van der Waals surface area contributed by atoms with Crippen LogP contribution in [-0.4, -0.2) is 27.9 Å². The largest absolute Gasteiger partial charge is 0.336 e. The fraction of sp³-hybridized carbons (Fsp3) is 0.194. The van der Waals surface area contributed by atoms with Crippen molar-refractivity contribution < 1.29 is 12.8 Å². The van der Waals surface area contributed by atoms with Gasteiger partial charge in [0.05, 0.1) is 5.41 Å². The lowest BCUT2D eigenvalue weighted by Crippen LogP contribution is -2.30. The minimum Gasteiger partial charge on any atom is -0.336 e. The maximum absolute atomic E-state index is 14.7. The molecule has 1 atom stereocenters. The third-order valence-corrected chi connectivity index (χ3v) is 7.93. The van der Waals surface area contributed by atoms with Crippen LogP contribution in [0.1, 0.15) is 48.2 Å². The summed E-state index contributed by atoms with van der Waals surface area (Å²) in [6.45, 7) is 2.39. The number of nitrogens with one attached hydrogen (secondary N) is 3. The van der Waals surface area contributed by atoms with Gasteiger partial charge in [-0.05, 0) is 53.8 Å². The zero-order chi connectivity index (χ0) is 29.7. The van der Waals surface area contributed by atoms with Crippen LogP contribution in [0, 0.1) is 5.82 Å². The smallest absolute Gasteiger partial charge is 0.330 e. The number of H-pyrrole nitrogens is 2. The first-order chi connectivity index (χ1) is 20.2. The molecule has 0 aliphatic carbocycles. The Morgan fingerprint density at radius 1 is 0.976 bits per heavy atom. The molecule has 5 rings (SSSR count). The molecule has 1 unspecified atom stereocenters. The number of imidazole rings is 1. The molecule has 0 bridgehead atoms. The molecule has 0 fully saturated rings. The third kappa shape index (κ3) is 6.58. The molecule has 0 amide bonds. The van der Waals surface area contributed by atoms with E-state index in [4.69, 9.17) is 0 Å². The summed E-state index contributed by atoms with van der Waals surface area (Å²) in [6.07, 6.45) is 3.27. The Balaban J connectivity index is 1.50. The highest BCUT2D eigenvalue weighted by atomic mass is 32.2. The van der Waals surface area contributed by atoms with Crippen molar-refractivity contribution in [2.45, 2.75) is 38.6 Å². The lowest BCUT2D eigenvalue weighted by Gasteiger charge is -2.17. The summed E-state index contributed by atoms with van der Waals surface area (Å²) in [5, 5.41) is 1.10. The number of benzene rings is 3. The summed E-state index contributed by atoms with van der Waals surface area (Å²) in [6, 6.07) is 22.2. The summed E-state index contributed by atoms with van der Waals surface area (Å²) in [4.78, 5) is 35.3. The maximum atomic E-state index is 14.7. The van der Waals surface area contributed by atoms with Gasteiger partial charge in [0.15, 0.2) is 5.65 Å². The molecule has 5 aromatic rings. The SMILES string of the molecule is CCCCn1c(=O)[nH]c(=O)c2[nH]c(C(Cc3ccccc3F)c3ccc(NS(=O)(=O)C=Cc4ccccc4)cc3)nc21. The molecule has 0 saturated carbocycles. The number of nitrogens with zero attached hydrogens (tertiary/aromatic N) is 2. The summed E-state index contributed by atoms with van der Waals surface area (Å²) < 4.78 is 44.0. The Morgan fingerprint density at radius 2 is 1.69 bits per heavy atom. The van der Waals surface area contributed by atoms with Crippen LogP contribution in [0.4, 0.5) is 10.1 Å². The fourth-order valence-electron chi connectivity index (χ4n) is 4.72. The number of anilines is 1. The van der Waals surface area contributed by atoms with E-state index in [9.17, 15) is 22.4 Å². The molecule has 0 spiro atoms.